The lowest BCUT2D eigenvalue weighted by molar-refractivity contribution is -0.145. The van der Waals surface area contributed by atoms with E-state index in [-0.39, 0.29) is 17.9 Å². The Morgan fingerprint density at radius 2 is 1.84 bits per heavy atom. The molecule has 0 heterocycles. The van der Waals surface area contributed by atoms with Crippen LogP contribution in [0.1, 0.15) is 34.3 Å². The van der Waals surface area contributed by atoms with E-state index in [4.69, 9.17) is 16.7 Å². The van der Waals surface area contributed by atoms with Crippen LogP contribution in [0.2, 0.25) is 5.02 Å². The van der Waals surface area contributed by atoms with Crippen molar-refractivity contribution in [3.8, 4) is 0 Å². The zero-order valence-electron chi connectivity index (χ0n) is 10.9. The predicted molar refractivity (Wildman–Crippen MR) is 72.5 cm³/mol. The van der Waals surface area contributed by atoms with Crippen molar-refractivity contribution in [2.24, 2.45) is 5.92 Å². The standard InChI is InChI=1S/C14H16ClNO3/c1-7-3-11(12(15)4-8(7)2)13(17)16-10-5-9(6-10)14(18)19/h3-4,9-10H,5-6H2,1-2H3,(H,16,17)(H,18,19). The number of carboxylic acids is 1. The topological polar surface area (TPSA) is 66.4 Å². The van der Waals surface area contributed by atoms with Gasteiger partial charge < -0.3 is 10.4 Å². The van der Waals surface area contributed by atoms with Gasteiger partial charge in [0.25, 0.3) is 5.91 Å². The molecule has 1 aliphatic rings. The van der Waals surface area contributed by atoms with Gasteiger partial charge in [0.05, 0.1) is 16.5 Å². The molecule has 5 heteroatoms. The van der Waals surface area contributed by atoms with E-state index in [1.165, 1.54) is 0 Å². The fraction of sp³-hybridized carbons (Fsp3) is 0.429. The summed E-state index contributed by atoms with van der Waals surface area (Å²) in [6.07, 6.45) is 0.979. The molecule has 2 rings (SSSR count). The molecule has 0 spiro atoms. The fourth-order valence-corrected chi connectivity index (χ4v) is 2.46. The highest BCUT2D eigenvalue weighted by molar-refractivity contribution is 6.34. The molecule has 0 atom stereocenters. The summed E-state index contributed by atoms with van der Waals surface area (Å²) in [5.74, 6) is -1.36. The number of carbonyl (C=O) groups excluding carboxylic acids is 1. The minimum atomic E-state index is -0.797. The number of hydrogen-bond donors (Lipinski definition) is 2. The van der Waals surface area contributed by atoms with Crippen LogP contribution >= 0.6 is 11.6 Å². The van der Waals surface area contributed by atoms with Gasteiger partial charge >= 0.3 is 5.97 Å². The number of carboxylic acid groups (broad SMARTS) is 1. The minimum absolute atomic E-state index is 0.0636. The molecule has 1 aromatic carbocycles. The van der Waals surface area contributed by atoms with Crippen LogP contribution < -0.4 is 5.32 Å². The first-order valence-corrected chi connectivity index (χ1v) is 6.56. The first-order valence-electron chi connectivity index (χ1n) is 6.19. The van der Waals surface area contributed by atoms with E-state index in [9.17, 15) is 9.59 Å². The maximum atomic E-state index is 12.1. The van der Waals surface area contributed by atoms with Crippen LogP contribution in [0.25, 0.3) is 0 Å². The second kappa shape index (κ2) is 5.21. The fourth-order valence-electron chi connectivity index (χ4n) is 2.16. The van der Waals surface area contributed by atoms with Crippen LogP contribution in [-0.2, 0) is 4.79 Å². The number of aryl methyl sites for hydroxylation is 2. The molecule has 0 unspecified atom stereocenters. The monoisotopic (exact) mass is 281 g/mol. The second-order valence-corrected chi connectivity index (χ2v) is 5.50. The summed E-state index contributed by atoms with van der Waals surface area (Å²) in [7, 11) is 0. The molecule has 2 N–H and O–H groups in total. The molecule has 0 bridgehead atoms. The number of carbonyl (C=O) groups is 2. The summed E-state index contributed by atoms with van der Waals surface area (Å²) in [4.78, 5) is 22.8. The van der Waals surface area contributed by atoms with Crippen LogP contribution in [-0.4, -0.2) is 23.0 Å². The highest BCUT2D eigenvalue weighted by Crippen LogP contribution is 2.28. The Labute approximate surface area is 116 Å². The number of amides is 1. The maximum absolute atomic E-state index is 12.1. The van der Waals surface area contributed by atoms with Crippen LogP contribution in [0.5, 0.6) is 0 Å². The van der Waals surface area contributed by atoms with E-state index in [1.807, 2.05) is 13.8 Å². The highest BCUT2D eigenvalue weighted by Gasteiger charge is 2.35. The Bertz CT molecular complexity index is 536. The predicted octanol–water partition coefficient (Wildman–Crippen LogP) is 2.55. The van der Waals surface area contributed by atoms with Crippen molar-refractivity contribution in [2.75, 3.05) is 0 Å². The molecule has 102 valence electrons. The van der Waals surface area contributed by atoms with Crippen molar-refractivity contribution in [3.05, 3.63) is 33.8 Å². The largest absolute Gasteiger partial charge is 0.481 e. The molecule has 1 saturated carbocycles. The molecular formula is C14H16ClNO3. The zero-order valence-corrected chi connectivity index (χ0v) is 11.6. The van der Waals surface area contributed by atoms with Crippen molar-refractivity contribution in [3.63, 3.8) is 0 Å². The van der Waals surface area contributed by atoms with E-state index in [1.54, 1.807) is 12.1 Å². The Morgan fingerprint density at radius 3 is 2.42 bits per heavy atom. The second-order valence-electron chi connectivity index (χ2n) is 5.09. The summed E-state index contributed by atoms with van der Waals surface area (Å²) in [6, 6.07) is 3.47. The average molecular weight is 282 g/mol. The van der Waals surface area contributed by atoms with Crippen molar-refractivity contribution < 1.29 is 14.7 Å². The van der Waals surface area contributed by atoms with Gasteiger partial charge in [-0.15, -0.1) is 0 Å². The summed E-state index contributed by atoms with van der Waals surface area (Å²) < 4.78 is 0. The zero-order chi connectivity index (χ0) is 14.2. The number of benzene rings is 1. The van der Waals surface area contributed by atoms with Gasteiger partial charge in [-0.2, -0.15) is 0 Å². The third-order valence-electron chi connectivity index (χ3n) is 3.65. The summed E-state index contributed by atoms with van der Waals surface area (Å²) in [5, 5.41) is 12.0. The number of nitrogens with one attached hydrogen (secondary N) is 1. The van der Waals surface area contributed by atoms with Crippen LogP contribution in [0.3, 0.4) is 0 Å². The van der Waals surface area contributed by atoms with Gasteiger partial charge in [0.15, 0.2) is 0 Å². The molecule has 1 amide bonds. The van der Waals surface area contributed by atoms with E-state index >= 15 is 0 Å². The van der Waals surface area contributed by atoms with E-state index < -0.39 is 5.97 Å². The average Bonchev–Trinajstić information content (AvgIpc) is 2.27. The van der Waals surface area contributed by atoms with Gasteiger partial charge in [-0.05, 0) is 49.9 Å². The molecule has 0 aliphatic heterocycles. The van der Waals surface area contributed by atoms with E-state index in [0.29, 0.717) is 23.4 Å². The van der Waals surface area contributed by atoms with Gasteiger partial charge in [0.2, 0.25) is 0 Å². The molecule has 0 saturated heterocycles. The third-order valence-corrected chi connectivity index (χ3v) is 3.96. The van der Waals surface area contributed by atoms with Crippen molar-refractivity contribution in [1.82, 2.24) is 5.32 Å². The van der Waals surface area contributed by atoms with E-state index in [2.05, 4.69) is 5.32 Å². The first-order chi connectivity index (χ1) is 8.88. The SMILES string of the molecule is Cc1cc(Cl)c(C(=O)NC2CC(C(=O)O)C2)cc1C. The Kier molecular flexibility index (Phi) is 3.80. The van der Waals surface area contributed by atoms with E-state index in [0.717, 1.165) is 11.1 Å². The normalized spacial score (nSPS) is 21.6. The molecule has 1 fully saturated rings. The van der Waals surface area contributed by atoms with Crippen LogP contribution in [0, 0.1) is 19.8 Å². The summed E-state index contributed by atoms with van der Waals surface area (Å²) in [6.45, 7) is 3.86. The quantitative estimate of drug-likeness (QED) is 0.895. The molecule has 1 aliphatic carbocycles. The number of rotatable bonds is 3. The van der Waals surface area contributed by atoms with Gasteiger partial charge in [-0.25, -0.2) is 0 Å². The smallest absolute Gasteiger partial charge is 0.306 e. The van der Waals surface area contributed by atoms with Gasteiger partial charge in [-0.3, -0.25) is 9.59 Å². The number of hydrogen-bond acceptors (Lipinski definition) is 2. The molecule has 1 aromatic rings. The van der Waals surface area contributed by atoms with Gasteiger partial charge in [-0.1, -0.05) is 11.6 Å². The van der Waals surface area contributed by atoms with Crippen molar-refractivity contribution >= 4 is 23.5 Å². The molecule has 4 nitrogen and oxygen atoms in total. The molecule has 19 heavy (non-hydrogen) atoms. The van der Waals surface area contributed by atoms with Crippen molar-refractivity contribution in [1.29, 1.82) is 0 Å². The molecule has 0 aromatic heterocycles. The Hall–Kier alpha value is -1.55. The third kappa shape index (κ3) is 2.89. The van der Waals surface area contributed by atoms with Crippen LogP contribution in [0.15, 0.2) is 12.1 Å². The lowest BCUT2D eigenvalue weighted by Gasteiger charge is -2.32. The lowest BCUT2D eigenvalue weighted by Crippen LogP contribution is -2.46. The molecule has 0 radical (unpaired) electrons. The Morgan fingerprint density at radius 1 is 1.26 bits per heavy atom. The van der Waals surface area contributed by atoms with Crippen LogP contribution in [0.4, 0.5) is 0 Å². The van der Waals surface area contributed by atoms with Crippen molar-refractivity contribution in [2.45, 2.75) is 32.7 Å². The van der Waals surface area contributed by atoms with Gasteiger partial charge in [0, 0.05) is 6.04 Å². The number of aliphatic carboxylic acids is 1. The number of halogens is 1. The molecular weight excluding hydrogens is 266 g/mol. The summed E-state index contributed by atoms with van der Waals surface area (Å²) >= 11 is 6.07. The first kappa shape index (κ1) is 13.9. The minimum Gasteiger partial charge on any atom is -0.481 e. The highest BCUT2D eigenvalue weighted by atomic mass is 35.5. The maximum Gasteiger partial charge on any atom is 0.306 e. The lowest BCUT2D eigenvalue weighted by atomic mass is 9.80. The van der Waals surface area contributed by atoms with Gasteiger partial charge in [0.1, 0.15) is 0 Å². The Balaban J connectivity index is 2.02. The summed E-state index contributed by atoms with van der Waals surface area (Å²) in [5.41, 5.74) is 2.49.